The average molecular weight is 265 g/mol. The molecule has 0 saturated carbocycles. The van der Waals surface area contributed by atoms with Crippen molar-refractivity contribution in [2.45, 2.75) is 6.42 Å². The number of nitrogens with one attached hydrogen (secondary N) is 1. The first-order chi connectivity index (χ1) is 9.85. The van der Waals surface area contributed by atoms with Gasteiger partial charge in [-0.2, -0.15) is 0 Å². The Labute approximate surface area is 116 Å². The van der Waals surface area contributed by atoms with E-state index >= 15 is 0 Å². The van der Waals surface area contributed by atoms with Gasteiger partial charge in [-0.05, 0) is 42.8 Å². The van der Waals surface area contributed by atoms with Crippen LogP contribution in [0.2, 0.25) is 0 Å². The summed E-state index contributed by atoms with van der Waals surface area (Å²) in [5, 5.41) is 3.26. The summed E-state index contributed by atoms with van der Waals surface area (Å²) < 4.78 is 0. The number of nitrogens with two attached hydrogens (primary N) is 1. The van der Waals surface area contributed by atoms with Gasteiger partial charge in [0.05, 0.1) is 0 Å². The Hall–Kier alpha value is -2.53. The summed E-state index contributed by atoms with van der Waals surface area (Å²) in [7, 11) is 0. The van der Waals surface area contributed by atoms with Gasteiger partial charge in [0.2, 0.25) is 0 Å². The van der Waals surface area contributed by atoms with Crippen LogP contribution in [0.1, 0.15) is 5.56 Å². The minimum absolute atomic E-state index is 0.636. The molecular formula is C15H15N5. The lowest BCUT2D eigenvalue weighted by Crippen LogP contribution is -2.02. The summed E-state index contributed by atoms with van der Waals surface area (Å²) in [6.45, 7) is 0.664. The second kappa shape index (κ2) is 5.63. The molecule has 0 amide bonds. The minimum Gasteiger partial charge on any atom is -0.340 e. The minimum atomic E-state index is 0.636. The summed E-state index contributed by atoms with van der Waals surface area (Å²) in [6, 6.07) is 12.0. The topological polar surface area (TPSA) is 76.7 Å². The van der Waals surface area contributed by atoms with Crippen LogP contribution >= 0.6 is 0 Å². The Balaban J connectivity index is 1.81. The molecule has 0 atom stereocenters. The highest BCUT2D eigenvalue weighted by Gasteiger charge is 2.00. The van der Waals surface area contributed by atoms with Crippen molar-refractivity contribution in [2.75, 3.05) is 11.9 Å². The molecule has 5 nitrogen and oxygen atoms in total. The van der Waals surface area contributed by atoms with Crippen molar-refractivity contribution in [3.63, 3.8) is 0 Å². The van der Waals surface area contributed by atoms with E-state index in [9.17, 15) is 0 Å². The van der Waals surface area contributed by atoms with Crippen LogP contribution in [-0.2, 0) is 6.42 Å². The molecule has 3 rings (SSSR count). The highest BCUT2D eigenvalue weighted by atomic mass is 15.0. The van der Waals surface area contributed by atoms with E-state index in [4.69, 9.17) is 5.73 Å². The highest BCUT2D eigenvalue weighted by molar-refractivity contribution is 5.72. The molecule has 1 aromatic carbocycles. The van der Waals surface area contributed by atoms with E-state index in [1.165, 1.54) is 5.56 Å². The SMILES string of the molecule is NCCc1ccc(Nc2ccc3nccnc3n2)cc1. The second-order valence-electron chi connectivity index (χ2n) is 4.46. The van der Waals surface area contributed by atoms with Crippen LogP contribution in [-0.4, -0.2) is 21.5 Å². The second-order valence-corrected chi connectivity index (χ2v) is 4.46. The zero-order valence-electron chi connectivity index (χ0n) is 11.0. The third kappa shape index (κ3) is 2.73. The van der Waals surface area contributed by atoms with Gasteiger partial charge < -0.3 is 11.1 Å². The molecule has 0 bridgehead atoms. The maximum absolute atomic E-state index is 5.54. The van der Waals surface area contributed by atoms with Gasteiger partial charge in [-0.15, -0.1) is 0 Å². The standard InChI is InChI=1S/C15H15N5/c16-8-7-11-1-3-12(4-2-11)19-14-6-5-13-15(20-14)18-10-9-17-13/h1-6,9-10H,7-8,16H2,(H,18,19,20). The van der Waals surface area contributed by atoms with Crippen molar-refractivity contribution in [1.82, 2.24) is 15.0 Å². The smallest absolute Gasteiger partial charge is 0.180 e. The van der Waals surface area contributed by atoms with Gasteiger partial charge in [-0.25, -0.2) is 9.97 Å². The first-order valence-electron chi connectivity index (χ1n) is 6.49. The fraction of sp³-hybridized carbons (Fsp3) is 0.133. The monoisotopic (exact) mass is 265 g/mol. The van der Waals surface area contributed by atoms with E-state index in [1.54, 1.807) is 12.4 Å². The van der Waals surface area contributed by atoms with E-state index in [0.717, 1.165) is 23.4 Å². The number of pyridine rings is 1. The van der Waals surface area contributed by atoms with Gasteiger partial charge in [0, 0.05) is 18.1 Å². The van der Waals surface area contributed by atoms with Crippen molar-refractivity contribution in [3.8, 4) is 0 Å². The molecule has 0 aliphatic heterocycles. The molecule has 0 unspecified atom stereocenters. The fourth-order valence-electron chi connectivity index (χ4n) is 1.99. The highest BCUT2D eigenvalue weighted by Crippen LogP contribution is 2.17. The Morgan fingerprint density at radius 2 is 1.75 bits per heavy atom. The molecule has 3 aromatic rings. The number of aromatic nitrogens is 3. The van der Waals surface area contributed by atoms with Crippen molar-refractivity contribution >= 4 is 22.7 Å². The largest absolute Gasteiger partial charge is 0.340 e. The Bertz CT molecular complexity index is 709. The van der Waals surface area contributed by atoms with Gasteiger partial charge in [0.15, 0.2) is 5.65 Å². The van der Waals surface area contributed by atoms with Gasteiger partial charge in [0.1, 0.15) is 11.3 Å². The molecule has 5 heteroatoms. The third-order valence-electron chi connectivity index (χ3n) is 2.99. The quantitative estimate of drug-likeness (QED) is 0.756. The maximum atomic E-state index is 5.54. The molecular weight excluding hydrogens is 250 g/mol. The molecule has 0 aliphatic rings. The van der Waals surface area contributed by atoms with Crippen LogP contribution in [0.15, 0.2) is 48.8 Å². The summed E-state index contributed by atoms with van der Waals surface area (Å²) in [5.74, 6) is 0.754. The summed E-state index contributed by atoms with van der Waals surface area (Å²) in [5.41, 5.74) is 9.18. The lowest BCUT2D eigenvalue weighted by molar-refractivity contribution is 0.969. The van der Waals surface area contributed by atoms with Crippen LogP contribution in [0.4, 0.5) is 11.5 Å². The number of nitrogens with zero attached hydrogens (tertiary/aromatic N) is 3. The van der Waals surface area contributed by atoms with Crippen LogP contribution in [0.25, 0.3) is 11.2 Å². The molecule has 0 saturated heterocycles. The van der Waals surface area contributed by atoms with Crippen molar-refractivity contribution in [3.05, 3.63) is 54.4 Å². The van der Waals surface area contributed by atoms with E-state index in [2.05, 4.69) is 32.4 Å². The van der Waals surface area contributed by atoms with Crippen LogP contribution in [0.5, 0.6) is 0 Å². The number of benzene rings is 1. The van der Waals surface area contributed by atoms with Gasteiger partial charge in [0.25, 0.3) is 0 Å². The molecule has 100 valence electrons. The van der Waals surface area contributed by atoms with E-state index in [0.29, 0.717) is 12.2 Å². The fourth-order valence-corrected chi connectivity index (χ4v) is 1.99. The maximum Gasteiger partial charge on any atom is 0.180 e. The lowest BCUT2D eigenvalue weighted by Gasteiger charge is -2.07. The van der Waals surface area contributed by atoms with Crippen LogP contribution < -0.4 is 11.1 Å². The average Bonchev–Trinajstić information content (AvgIpc) is 2.49. The van der Waals surface area contributed by atoms with Crippen molar-refractivity contribution < 1.29 is 0 Å². The molecule has 0 spiro atoms. The van der Waals surface area contributed by atoms with Gasteiger partial charge >= 0.3 is 0 Å². The number of fused-ring (bicyclic) bond motifs is 1. The molecule has 2 aromatic heterocycles. The number of rotatable bonds is 4. The number of hydrogen-bond acceptors (Lipinski definition) is 5. The van der Waals surface area contributed by atoms with Crippen LogP contribution in [0.3, 0.4) is 0 Å². The molecule has 2 heterocycles. The predicted molar refractivity (Wildman–Crippen MR) is 79.8 cm³/mol. The van der Waals surface area contributed by atoms with Gasteiger partial charge in [-0.3, -0.25) is 4.98 Å². The van der Waals surface area contributed by atoms with Crippen molar-refractivity contribution in [1.29, 1.82) is 0 Å². The first kappa shape index (κ1) is 12.5. The van der Waals surface area contributed by atoms with Crippen molar-refractivity contribution in [2.24, 2.45) is 5.73 Å². The van der Waals surface area contributed by atoms with E-state index < -0.39 is 0 Å². The van der Waals surface area contributed by atoms with E-state index in [-0.39, 0.29) is 0 Å². The number of anilines is 2. The van der Waals surface area contributed by atoms with Gasteiger partial charge in [-0.1, -0.05) is 12.1 Å². The number of hydrogen-bond donors (Lipinski definition) is 2. The summed E-state index contributed by atoms with van der Waals surface area (Å²) in [4.78, 5) is 12.8. The first-order valence-corrected chi connectivity index (χ1v) is 6.49. The molecule has 0 aliphatic carbocycles. The molecule has 20 heavy (non-hydrogen) atoms. The zero-order valence-corrected chi connectivity index (χ0v) is 11.0. The Morgan fingerprint density at radius 1 is 0.950 bits per heavy atom. The Morgan fingerprint density at radius 3 is 2.55 bits per heavy atom. The third-order valence-corrected chi connectivity index (χ3v) is 2.99. The molecule has 3 N–H and O–H groups in total. The molecule has 0 radical (unpaired) electrons. The Kier molecular flexibility index (Phi) is 3.52. The van der Waals surface area contributed by atoms with E-state index in [1.807, 2.05) is 24.3 Å². The normalized spacial score (nSPS) is 10.7. The van der Waals surface area contributed by atoms with Crippen LogP contribution in [0, 0.1) is 0 Å². The molecule has 0 fully saturated rings. The summed E-state index contributed by atoms with van der Waals surface area (Å²) >= 11 is 0. The lowest BCUT2D eigenvalue weighted by atomic mass is 10.1. The predicted octanol–water partition coefficient (Wildman–Crippen LogP) is 2.27. The zero-order chi connectivity index (χ0) is 13.8. The summed E-state index contributed by atoms with van der Waals surface area (Å²) in [6.07, 6.45) is 4.19.